The third kappa shape index (κ3) is 1.87. The van der Waals surface area contributed by atoms with E-state index in [0.717, 1.165) is 6.42 Å². The maximum absolute atomic E-state index is 3.64. The molecule has 3 aromatic rings. The van der Waals surface area contributed by atoms with Crippen LogP contribution in [0.1, 0.15) is 11.1 Å². The number of halogens is 1. The fraction of sp³-hybridized carbons (Fsp3) is 0.222. The van der Waals surface area contributed by atoms with Crippen molar-refractivity contribution >= 4 is 35.1 Å². The zero-order valence-electron chi connectivity index (χ0n) is 12.6. The largest absolute Gasteiger partial charge is 0.368 e. The van der Waals surface area contributed by atoms with Crippen LogP contribution in [0.25, 0.3) is 22.2 Å². The van der Waals surface area contributed by atoms with Gasteiger partial charge in [0.05, 0.1) is 0 Å². The number of fused-ring (bicyclic) bond motifs is 5. The Bertz CT molecular complexity index is 871. The van der Waals surface area contributed by atoms with Gasteiger partial charge in [0.2, 0.25) is 0 Å². The summed E-state index contributed by atoms with van der Waals surface area (Å²) in [6.07, 6.45) is 1.07. The highest BCUT2D eigenvalue weighted by molar-refractivity contribution is 9.10. The van der Waals surface area contributed by atoms with E-state index in [0.29, 0.717) is 0 Å². The summed E-state index contributed by atoms with van der Waals surface area (Å²) in [5, 5.41) is 1.41. The van der Waals surface area contributed by atoms with Crippen LogP contribution in [-0.4, -0.2) is 12.5 Å². The molecule has 0 spiro atoms. The van der Waals surface area contributed by atoms with Crippen molar-refractivity contribution in [2.24, 2.45) is 0 Å². The average Bonchev–Trinajstić information content (AvgIpc) is 2.92. The van der Waals surface area contributed by atoms with Crippen LogP contribution in [0.4, 0.5) is 0 Å². The molecule has 1 aliphatic carbocycles. The molecule has 0 unspecified atom stereocenters. The standard InChI is InChI=1S/C18H18BrNSi/c1-21(2,3)20-17-9-8-13(19)11-15(17)16-10-12-6-4-5-7-14(12)18(16)20/h4-9,11H,10H2,1-3H3. The van der Waals surface area contributed by atoms with Crippen molar-refractivity contribution in [3.8, 4) is 11.3 Å². The minimum atomic E-state index is -1.49. The monoisotopic (exact) mass is 355 g/mol. The third-order valence-corrected chi connectivity index (χ3v) is 6.64. The Kier molecular flexibility index (Phi) is 2.76. The minimum absolute atomic E-state index is 1.07. The molecule has 1 heterocycles. The predicted molar refractivity (Wildman–Crippen MR) is 96.6 cm³/mol. The van der Waals surface area contributed by atoms with Crippen LogP contribution in [0.5, 0.6) is 0 Å². The summed E-state index contributed by atoms with van der Waals surface area (Å²) in [5.41, 5.74) is 7.28. The maximum Gasteiger partial charge on any atom is 0.153 e. The van der Waals surface area contributed by atoms with Crippen LogP contribution >= 0.6 is 15.9 Å². The Balaban J connectivity index is 2.18. The maximum atomic E-state index is 3.64. The quantitative estimate of drug-likeness (QED) is 0.388. The molecule has 3 heteroatoms. The molecule has 0 saturated heterocycles. The summed E-state index contributed by atoms with van der Waals surface area (Å²) in [4.78, 5) is 0. The number of benzene rings is 2. The van der Waals surface area contributed by atoms with Gasteiger partial charge in [-0.3, -0.25) is 0 Å². The van der Waals surface area contributed by atoms with E-state index in [2.05, 4.69) is 82.3 Å². The molecule has 2 aromatic carbocycles. The molecule has 1 aliphatic rings. The number of aromatic nitrogens is 1. The van der Waals surface area contributed by atoms with Crippen molar-refractivity contribution in [2.45, 2.75) is 26.1 Å². The normalized spacial score (nSPS) is 13.5. The lowest BCUT2D eigenvalue weighted by atomic mass is 10.1. The molecular weight excluding hydrogens is 338 g/mol. The van der Waals surface area contributed by atoms with Gasteiger partial charge >= 0.3 is 0 Å². The first-order valence-electron chi connectivity index (χ1n) is 7.38. The van der Waals surface area contributed by atoms with Crippen LogP contribution in [0.15, 0.2) is 46.9 Å². The molecule has 0 aliphatic heterocycles. The summed E-state index contributed by atoms with van der Waals surface area (Å²) in [5.74, 6) is 0. The number of rotatable bonds is 1. The van der Waals surface area contributed by atoms with E-state index >= 15 is 0 Å². The van der Waals surface area contributed by atoms with Gasteiger partial charge in [-0.05, 0) is 29.3 Å². The van der Waals surface area contributed by atoms with Crippen molar-refractivity contribution in [1.29, 1.82) is 0 Å². The van der Waals surface area contributed by atoms with Crippen molar-refractivity contribution in [1.82, 2.24) is 4.23 Å². The lowest BCUT2D eigenvalue weighted by Gasteiger charge is -2.24. The summed E-state index contributed by atoms with van der Waals surface area (Å²) in [6, 6.07) is 15.6. The fourth-order valence-corrected chi connectivity index (χ4v) is 5.79. The zero-order chi connectivity index (χ0) is 14.8. The Labute approximate surface area is 134 Å². The van der Waals surface area contributed by atoms with Crippen molar-refractivity contribution < 1.29 is 0 Å². The highest BCUT2D eigenvalue weighted by atomic mass is 79.9. The molecule has 4 rings (SSSR count). The zero-order valence-corrected chi connectivity index (χ0v) is 15.2. The second-order valence-corrected chi connectivity index (χ2v) is 12.5. The first kappa shape index (κ1) is 13.3. The van der Waals surface area contributed by atoms with Gasteiger partial charge in [0.15, 0.2) is 8.24 Å². The third-order valence-electron chi connectivity index (χ3n) is 4.34. The van der Waals surface area contributed by atoms with Crippen LogP contribution < -0.4 is 0 Å². The SMILES string of the molecule is C[Si](C)(C)n1c2c(c3cc(Br)ccc31)Cc1ccccc1-2. The van der Waals surface area contributed by atoms with Gasteiger partial charge in [0.25, 0.3) is 0 Å². The molecular formula is C18H18BrNSi. The molecule has 0 amide bonds. The van der Waals surface area contributed by atoms with Gasteiger partial charge in [-0.2, -0.15) is 0 Å². The van der Waals surface area contributed by atoms with Crippen LogP contribution in [-0.2, 0) is 6.42 Å². The first-order valence-corrected chi connectivity index (χ1v) is 11.6. The molecule has 1 nitrogen and oxygen atoms in total. The second-order valence-electron chi connectivity index (χ2n) is 6.83. The summed E-state index contributed by atoms with van der Waals surface area (Å²) in [6.45, 7) is 7.28. The molecule has 0 radical (unpaired) electrons. The van der Waals surface area contributed by atoms with E-state index in [-0.39, 0.29) is 0 Å². The molecule has 1 aromatic heterocycles. The molecule has 0 saturated carbocycles. The van der Waals surface area contributed by atoms with Crippen LogP contribution in [0.3, 0.4) is 0 Å². The molecule has 0 N–H and O–H groups in total. The molecule has 0 bridgehead atoms. The van der Waals surface area contributed by atoms with E-state index in [1.54, 1.807) is 0 Å². The highest BCUT2D eigenvalue weighted by Crippen LogP contribution is 2.44. The first-order chi connectivity index (χ1) is 9.97. The van der Waals surface area contributed by atoms with Crippen LogP contribution in [0, 0.1) is 0 Å². The number of hydrogen-bond donors (Lipinski definition) is 0. The highest BCUT2D eigenvalue weighted by Gasteiger charge is 2.31. The van der Waals surface area contributed by atoms with Crippen molar-refractivity contribution in [3.63, 3.8) is 0 Å². The lowest BCUT2D eigenvalue weighted by molar-refractivity contribution is 1.20. The molecule has 21 heavy (non-hydrogen) atoms. The summed E-state index contributed by atoms with van der Waals surface area (Å²) >= 11 is 3.64. The minimum Gasteiger partial charge on any atom is -0.368 e. The predicted octanol–water partition coefficient (Wildman–Crippen LogP) is 5.66. The number of hydrogen-bond acceptors (Lipinski definition) is 0. The summed E-state index contributed by atoms with van der Waals surface area (Å²) < 4.78 is 3.82. The van der Waals surface area contributed by atoms with E-state index < -0.39 is 8.24 Å². The lowest BCUT2D eigenvalue weighted by Crippen LogP contribution is -2.32. The summed E-state index contributed by atoms with van der Waals surface area (Å²) in [7, 11) is -1.49. The second kappa shape index (κ2) is 4.34. The number of nitrogens with zero attached hydrogens (tertiary/aromatic N) is 1. The molecule has 106 valence electrons. The van der Waals surface area contributed by atoms with Crippen molar-refractivity contribution in [2.75, 3.05) is 0 Å². The molecule has 0 fully saturated rings. The smallest absolute Gasteiger partial charge is 0.153 e. The van der Waals surface area contributed by atoms with E-state index in [1.165, 1.54) is 37.8 Å². The van der Waals surface area contributed by atoms with Crippen molar-refractivity contribution in [3.05, 3.63) is 58.1 Å². The van der Waals surface area contributed by atoms with Gasteiger partial charge < -0.3 is 4.23 Å². The van der Waals surface area contributed by atoms with E-state index in [4.69, 9.17) is 0 Å². The Morgan fingerprint density at radius 2 is 1.81 bits per heavy atom. The topological polar surface area (TPSA) is 4.93 Å². The van der Waals surface area contributed by atoms with Crippen LogP contribution in [0.2, 0.25) is 19.6 Å². The van der Waals surface area contributed by atoms with Gasteiger partial charge in [0, 0.05) is 33.1 Å². The van der Waals surface area contributed by atoms with Gasteiger partial charge in [-0.25, -0.2) is 0 Å². The van der Waals surface area contributed by atoms with Gasteiger partial charge in [-0.15, -0.1) is 0 Å². The molecule has 0 atom stereocenters. The Hall–Kier alpha value is -1.32. The Morgan fingerprint density at radius 1 is 1.05 bits per heavy atom. The average molecular weight is 356 g/mol. The fourth-order valence-electron chi connectivity index (χ4n) is 3.58. The van der Waals surface area contributed by atoms with Gasteiger partial charge in [0.1, 0.15) is 0 Å². The Morgan fingerprint density at radius 3 is 2.57 bits per heavy atom. The van der Waals surface area contributed by atoms with E-state index in [1.807, 2.05) is 0 Å². The van der Waals surface area contributed by atoms with E-state index in [9.17, 15) is 0 Å². The van der Waals surface area contributed by atoms with Gasteiger partial charge in [-0.1, -0.05) is 59.8 Å².